The van der Waals surface area contributed by atoms with E-state index in [-0.39, 0.29) is 37.2 Å². The van der Waals surface area contributed by atoms with Gasteiger partial charge in [-0.05, 0) is 51.3 Å². The number of carbonyl (C=O) groups is 1. The van der Waals surface area contributed by atoms with Gasteiger partial charge in [-0.25, -0.2) is 4.79 Å². The van der Waals surface area contributed by atoms with Crippen molar-refractivity contribution in [2.45, 2.75) is 25.9 Å². The Bertz CT molecular complexity index is 1320. The van der Waals surface area contributed by atoms with E-state index in [0.717, 1.165) is 49.2 Å². The number of hydrogen-bond acceptors (Lipinski definition) is 6. The van der Waals surface area contributed by atoms with Crippen LogP contribution in [0.1, 0.15) is 28.5 Å². The molecule has 0 radical (unpaired) electrons. The van der Waals surface area contributed by atoms with E-state index in [4.69, 9.17) is 0 Å². The summed E-state index contributed by atoms with van der Waals surface area (Å²) in [6, 6.07) is 8.63. The number of nitrogens with one attached hydrogen (secondary N) is 1. The highest BCUT2D eigenvalue weighted by molar-refractivity contribution is 5.92. The van der Waals surface area contributed by atoms with Gasteiger partial charge in [0.25, 0.3) is 5.56 Å². The molecule has 0 unspecified atom stereocenters. The molecule has 3 N–H and O–H groups in total. The van der Waals surface area contributed by atoms with E-state index < -0.39 is 22.8 Å². The van der Waals surface area contributed by atoms with E-state index in [2.05, 4.69) is 58.5 Å². The highest BCUT2D eigenvalue weighted by atomic mass is 35.5. The number of likely N-dealkylation sites (N-methyl/N-ethyl adjacent to an activating group) is 2. The third kappa shape index (κ3) is 6.65. The lowest BCUT2D eigenvalue weighted by atomic mass is 9.99. The molecule has 12 heteroatoms. The lowest BCUT2D eigenvalue weighted by molar-refractivity contribution is 0.0393. The van der Waals surface area contributed by atoms with Crippen LogP contribution in [0.15, 0.2) is 29.1 Å². The van der Waals surface area contributed by atoms with Crippen LogP contribution in [0.3, 0.4) is 0 Å². The molecule has 38 heavy (non-hydrogen) atoms. The molecular formula is C26H38Cl3N5O4. The van der Waals surface area contributed by atoms with Crippen molar-refractivity contribution in [3.63, 3.8) is 0 Å². The Balaban J connectivity index is 0.00000241. The van der Waals surface area contributed by atoms with Crippen LogP contribution in [0.2, 0.25) is 0 Å². The minimum Gasteiger partial charge on any atom is -0.506 e. The lowest BCUT2D eigenvalue weighted by Crippen LogP contribution is -2.58. The number of likely N-dealkylation sites (tertiary alicyclic amines) is 1. The number of nitrogens with zero attached hydrogens (tertiary/aromatic N) is 4. The van der Waals surface area contributed by atoms with E-state index >= 15 is 0 Å². The van der Waals surface area contributed by atoms with Gasteiger partial charge >= 0.3 is 5.97 Å². The molecule has 0 aliphatic carbocycles. The maximum Gasteiger partial charge on any atom is 0.345 e. The Kier molecular flexibility index (Phi) is 12.2. The molecule has 0 saturated carbocycles. The SMILES string of the molecule is CCc1c(-c2ccc3c(c2)cc(CN2CC(N(C)CCN(C)C)C2)n3C)[nH]c(=O)c(C(=O)O)c1O.Cl.Cl.Cl. The standard InChI is InChI=1S/C26H35N5O4.3ClH/c1-6-20-23(27-25(33)22(24(20)32)26(34)35)16-7-8-21-17(11-16)12-18(30(21)5)13-31-14-19(15-31)29(4)10-9-28(2)3;;;/h7-8,11-12,19H,6,9-10,13-15H2,1-5H3,(H,34,35)(H2,27,32,33);3*1H. The number of benzene rings is 1. The van der Waals surface area contributed by atoms with Gasteiger partial charge in [0.15, 0.2) is 5.56 Å². The van der Waals surface area contributed by atoms with E-state index in [0.29, 0.717) is 23.7 Å². The van der Waals surface area contributed by atoms with E-state index in [9.17, 15) is 19.8 Å². The minimum absolute atomic E-state index is 0. The molecule has 0 amide bonds. The van der Waals surface area contributed by atoms with Crippen molar-refractivity contribution < 1.29 is 15.0 Å². The summed E-state index contributed by atoms with van der Waals surface area (Å²) in [5.74, 6) is -1.90. The van der Waals surface area contributed by atoms with E-state index in [1.165, 1.54) is 5.69 Å². The molecule has 0 bridgehead atoms. The molecular weight excluding hydrogens is 553 g/mol. The fraction of sp³-hybridized carbons (Fsp3) is 0.462. The van der Waals surface area contributed by atoms with Crippen molar-refractivity contribution in [1.82, 2.24) is 24.3 Å². The first kappa shape index (κ1) is 33.8. The zero-order chi connectivity index (χ0) is 25.4. The van der Waals surface area contributed by atoms with Crippen LogP contribution in [-0.4, -0.2) is 93.8 Å². The highest BCUT2D eigenvalue weighted by Crippen LogP contribution is 2.32. The second-order valence-corrected chi connectivity index (χ2v) is 9.79. The van der Waals surface area contributed by atoms with Crippen molar-refractivity contribution in [3.05, 3.63) is 51.4 Å². The number of carboxylic acids is 1. The van der Waals surface area contributed by atoms with Gasteiger partial charge in [-0.1, -0.05) is 13.0 Å². The second-order valence-electron chi connectivity index (χ2n) is 9.79. The van der Waals surface area contributed by atoms with Crippen LogP contribution in [0.25, 0.3) is 22.2 Å². The van der Waals surface area contributed by atoms with Crippen molar-refractivity contribution in [2.24, 2.45) is 7.05 Å². The lowest BCUT2D eigenvalue weighted by Gasteiger charge is -2.44. The Hall–Kier alpha value is -2.27. The molecule has 1 fully saturated rings. The van der Waals surface area contributed by atoms with Gasteiger partial charge in [-0.15, -0.1) is 37.2 Å². The maximum absolute atomic E-state index is 12.4. The summed E-state index contributed by atoms with van der Waals surface area (Å²) in [6.45, 7) is 6.90. The number of aromatic hydroxyl groups is 1. The molecule has 3 aromatic rings. The Morgan fingerprint density at radius 1 is 1.11 bits per heavy atom. The second kappa shape index (κ2) is 13.7. The number of aromatic nitrogens is 2. The smallest absolute Gasteiger partial charge is 0.345 e. The topological polar surface area (TPSA) is 105 Å². The van der Waals surface area contributed by atoms with Gasteiger partial charge in [-0.2, -0.15) is 0 Å². The summed E-state index contributed by atoms with van der Waals surface area (Å²) in [4.78, 5) is 33.5. The zero-order valence-electron chi connectivity index (χ0n) is 22.4. The van der Waals surface area contributed by atoms with Crippen molar-refractivity contribution in [1.29, 1.82) is 0 Å². The van der Waals surface area contributed by atoms with Crippen LogP contribution in [0, 0.1) is 0 Å². The van der Waals surface area contributed by atoms with Gasteiger partial charge in [0.05, 0.1) is 5.69 Å². The minimum atomic E-state index is -1.44. The van der Waals surface area contributed by atoms with Gasteiger partial charge in [0.1, 0.15) is 5.75 Å². The van der Waals surface area contributed by atoms with E-state index in [1.54, 1.807) is 0 Å². The number of aromatic carboxylic acids is 1. The first-order chi connectivity index (χ1) is 16.6. The molecule has 212 valence electrons. The largest absolute Gasteiger partial charge is 0.506 e. The fourth-order valence-electron chi connectivity index (χ4n) is 4.85. The first-order valence-electron chi connectivity index (χ1n) is 12.0. The van der Waals surface area contributed by atoms with Crippen LogP contribution < -0.4 is 5.56 Å². The molecule has 1 aromatic carbocycles. The number of halogens is 3. The van der Waals surface area contributed by atoms with Crippen molar-refractivity contribution >= 4 is 54.1 Å². The number of aryl methyl sites for hydroxylation is 1. The third-order valence-electron chi connectivity index (χ3n) is 7.13. The zero-order valence-corrected chi connectivity index (χ0v) is 24.8. The number of rotatable bonds is 9. The third-order valence-corrected chi connectivity index (χ3v) is 7.13. The van der Waals surface area contributed by atoms with Crippen LogP contribution in [0.5, 0.6) is 5.75 Å². The predicted octanol–water partition coefficient (Wildman–Crippen LogP) is 3.44. The molecule has 1 saturated heterocycles. The Morgan fingerprint density at radius 3 is 2.34 bits per heavy atom. The first-order valence-corrected chi connectivity index (χ1v) is 12.0. The molecule has 1 aliphatic rings. The average molecular weight is 591 g/mol. The van der Waals surface area contributed by atoms with Gasteiger partial charge in [0.2, 0.25) is 0 Å². The quantitative estimate of drug-likeness (QED) is 0.351. The summed E-state index contributed by atoms with van der Waals surface area (Å²) in [5.41, 5.74) is 2.48. The highest BCUT2D eigenvalue weighted by Gasteiger charge is 2.30. The molecule has 0 atom stereocenters. The predicted molar refractivity (Wildman–Crippen MR) is 159 cm³/mol. The molecule has 3 heterocycles. The van der Waals surface area contributed by atoms with Crippen LogP contribution >= 0.6 is 37.2 Å². The molecule has 1 aliphatic heterocycles. The average Bonchev–Trinajstić information content (AvgIpc) is 3.08. The molecule has 0 spiro atoms. The number of pyridine rings is 1. The summed E-state index contributed by atoms with van der Waals surface area (Å²) in [5, 5.41) is 20.8. The number of H-pyrrole nitrogens is 1. The summed E-state index contributed by atoms with van der Waals surface area (Å²) in [6.07, 6.45) is 0.384. The van der Waals surface area contributed by atoms with Gasteiger partial charge in [-0.3, -0.25) is 14.6 Å². The summed E-state index contributed by atoms with van der Waals surface area (Å²) in [7, 11) is 8.45. The van der Waals surface area contributed by atoms with Gasteiger partial charge in [0, 0.05) is 68.0 Å². The molecule has 4 rings (SSSR count). The maximum atomic E-state index is 12.4. The fourth-order valence-corrected chi connectivity index (χ4v) is 4.85. The molecule has 2 aromatic heterocycles. The van der Waals surface area contributed by atoms with Crippen LogP contribution in [0.4, 0.5) is 0 Å². The Labute approximate surface area is 241 Å². The Morgan fingerprint density at radius 2 is 1.76 bits per heavy atom. The van der Waals surface area contributed by atoms with Crippen molar-refractivity contribution in [2.75, 3.05) is 47.3 Å². The number of aromatic amines is 1. The van der Waals surface area contributed by atoms with Crippen LogP contribution in [-0.2, 0) is 20.0 Å². The van der Waals surface area contributed by atoms with E-state index in [1.807, 2.05) is 25.1 Å². The normalized spacial score (nSPS) is 13.7. The number of fused-ring (bicyclic) bond motifs is 1. The number of hydrogen-bond donors (Lipinski definition) is 3. The summed E-state index contributed by atoms with van der Waals surface area (Å²) < 4.78 is 2.19. The number of carboxylic acid groups (broad SMARTS) is 1. The molecule has 9 nitrogen and oxygen atoms in total. The summed E-state index contributed by atoms with van der Waals surface area (Å²) >= 11 is 0. The van der Waals surface area contributed by atoms with Crippen molar-refractivity contribution in [3.8, 4) is 17.0 Å². The monoisotopic (exact) mass is 589 g/mol. The van der Waals surface area contributed by atoms with Gasteiger partial charge < -0.3 is 24.7 Å².